The van der Waals surface area contributed by atoms with Gasteiger partial charge in [-0.15, -0.1) is 6.58 Å². The van der Waals surface area contributed by atoms with Crippen molar-refractivity contribution in [2.45, 2.75) is 52.9 Å². The molecular formula is C14H24. The van der Waals surface area contributed by atoms with Crippen LogP contribution in [0.4, 0.5) is 0 Å². The summed E-state index contributed by atoms with van der Waals surface area (Å²) in [7, 11) is 0. The smallest absolute Gasteiger partial charge is 0.0282 e. The third kappa shape index (κ3) is 6.71. The van der Waals surface area contributed by atoms with E-state index in [4.69, 9.17) is 0 Å². The molecule has 0 aliphatic heterocycles. The number of allylic oxidation sites excluding steroid dienone is 5. The molecule has 0 heterocycles. The molecule has 0 aromatic carbocycles. The highest BCUT2D eigenvalue weighted by atomic mass is 14.0. The molecule has 1 aliphatic carbocycles. The fourth-order valence-corrected chi connectivity index (χ4v) is 1.48. The average Bonchev–Trinajstić information content (AvgIpc) is 2.22. The normalized spacial score (nSPS) is 14.1. The van der Waals surface area contributed by atoms with Gasteiger partial charge in [0.15, 0.2) is 0 Å². The SMILES string of the molecule is C=C(C)CCCC1=CC=CCC1.CC. The molecule has 0 spiro atoms. The first kappa shape index (κ1) is 13.2. The predicted octanol–water partition coefficient (Wildman–Crippen LogP) is 5.04. The van der Waals surface area contributed by atoms with Crippen molar-refractivity contribution in [3.63, 3.8) is 0 Å². The Labute approximate surface area is 89.4 Å². The van der Waals surface area contributed by atoms with Gasteiger partial charge in [0.25, 0.3) is 0 Å². The molecule has 0 saturated heterocycles. The van der Waals surface area contributed by atoms with Crippen molar-refractivity contribution in [2.24, 2.45) is 0 Å². The lowest BCUT2D eigenvalue weighted by atomic mass is 9.99. The molecule has 0 nitrogen and oxygen atoms in total. The summed E-state index contributed by atoms with van der Waals surface area (Å²) in [4.78, 5) is 0. The van der Waals surface area contributed by atoms with Gasteiger partial charge in [0.2, 0.25) is 0 Å². The first-order chi connectivity index (χ1) is 6.79. The van der Waals surface area contributed by atoms with Crippen LogP contribution in [0, 0.1) is 0 Å². The largest absolute Gasteiger partial charge is 0.100 e. The van der Waals surface area contributed by atoms with Crippen molar-refractivity contribution >= 4 is 0 Å². The van der Waals surface area contributed by atoms with Crippen LogP contribution >= 0.6 is 0 Å². The predicted molar refractivity (Wildman–Crippen MR) is 66.5 cm³/mol. The van der Waals surface area contributed by atoms with E-state index in [1.807, 2.05) is 13.8 Å². The quantitative estimate of drug-likeness (QED) is 0.548. The van der Waals surface area contributed by atoms with Gasteiger partial charge in [-0.3, -0.25) is 0 Å². The standard InChI is InChI=1S/C12H18.C2H6/c1-11(2)7-6-10-12-8-4-3-5-9-12;1-2/h3-4,8H,1,5-7,9-10H2,2H3;1-2H3. The average molecular weight is 192 g/mol. The highest BCUT2D eigenvalue weighted by Gasteiger charge is 1.98. The van der Waals surface area contributed by atoms with E-state index in [1.54, 1.807) is 5.57 Å². The zero-order valence-corrected chi connectivity index (χ0v) is 9.97. The second kappa shape index (κ2) is 8.80. The van der Waals surface area contributed by atoms with Crippen molar-refractivity contribution in [3.8, 4) is 0 Å². The fourth-order valence-electron chi connectivity index (χ4n) is 1.48. The van der Waals surface area contributed by atoms with E-state index in [2.05, 4.69) is 31.7 Å². The van der Waals surface area contributed by atoms with Gasteiger partial charge in [0.05, 0.1) is 0 Å². The van der Waals surface area contributed by atoms with Crippen molar-refractivity contribution in [3.05, 3.63) is 36.0 Å². The molecule has 0 unspecified atom stereocenters. The minimum Gasteiger partial charge on any atom is -0.100 e. The zero-order valence-electron chi connectivity index (χ0n) is 9.97. The van der Waals surface area contributed by atoms with E-state index < -0.39 is 0 Å². The Bertz CT molecular complexity index is 206. The Morgan fingerprint density at radius 2 is 2.14 bits per heavy atom. The van der Waals surface area contributed by atoms with Crippen LogP contribution in [-0.2, 0) is 0 Å². The molecule has 0 aromatic rings. The van der Waals surface area contributed by atoms with E-state index >= 15 is 0 Å². The van der Waals surface area contributed by atoms with Crippen LogP contribution in [0.3, 0.4) is 0 Å². The van der Waals surface area contributed by atoms with Crippen LogP contribution in [0.5, 0.6) is 0 Å². The van der Waals surface area contributed by atoms with Gasteiger partial charge < -0.3 is 0 Å². The highest BCUT2D eigenvalue weighted by molar-refractivity contribution is 5.17. The summed E-state index contributed by atoms with van der Waals surface area (Å²) in [5.41, 5.74) is 2.92. The molecule has 0 bridgehead atoms. The highest BCUT2D eigenvalue weighted by Crippen LogP contribution is 2.18. The number of rotatable bonds is 4. The topological polar surface area (TPSA) is 0 Å². The lowest BCUT2D eigenvalue weighted by molar-refractivity contribution is 0.763. The molecule has 80 valence electrons. The second-order valence-corrected chi connectivity index (χ2v) is 3.60. The van der Waals surface area contributed by atoms with Gasteiger partial charge in [0.1, 0.15) is 0 Å². The van der Waals surface area contributed by atoms with Gasteiger partial charge in [-0.05, 0) is 39.0 Å². The van der Waals surface area contributed by atoms with E-state index in [0.29, 0.717) is 0 Å². The molecule has 14 heavy (non-hydrogen) atoms. The van der Waals surface area contributed by atoms with Gasteiger partial charge in [-0.25, -0.2) is 0 Å². The summed E-state index contributed by atoms with van der Waals surface area (Å²) >= 11 is 0. The summed E-state index contributed by atoms with van der Waals surface area (Å²) in [5.74, 6) is 0. The maximum Gasteiger partial charge on any atom is -0.0282 e. The molecule has 0 atom stereocenters. The Kier molecular flexibility index (Phi) is 8.31. The van der Waals surface area contributed by atoms with Gasteiger partial charge in [0, 0.05) is 0 Å². The summed E-state index contributed by atoms with van der Waals surface area (Å²) in [6.45, 7) is 10.0. The van der Waals surface area contributed by atoms with E-state index in [1.165, 1.54) is 37.7 Å². The minimum absolute atomic E-state index is 1.18. The molecule has 1 aliphatic rings. The molecule has 0 aromatic heterocycles. The van der Waals surface area contributed by atoms with Crippen molar-refractivity contribution in [1.82, 2.24) is 0 Å². The number of hydrogen-bond acceptors (Lipinski definition) is 0. The van der Waals surface area contributed by atoms with E-state index in [0.717, 1.165) is 0 Å². The fraction of sp³-hybridized carbons (Fsp3) is 0.571. The molecule has 0 N–H and O–H groups in total. The van der Waals surface area contributed by atoms with E-state index in [9.17, 15) is 0 Å². The molecule has 0 radical (unpaired) electrons. The molecular weight excluding hydrogens is 168 g/mol. The maximum atomic E-state index is 3.90. The summed E-state index contributed by atoms with van der Waals surface area (Å²) in [6.07, 6.45) is 12.9. The zero-order chi connectivity index (χ0) is 10.8. The number of hydrogen-bond donors (Lipinski definition) is 0. The van der Waals surface area contributed by atoms with Crippen LogP contribution < -0.4 is 0 Å². The van der Waals surface area contributed by atoms with E-state index in [-0.39, 0.29) is 0 Å². The Hall–Kier alpha value is -0.780. The molecule has 1 rings (SSSR count). The van der Waals surface area contributed by atoms with Crippen LogP contribution in [0.1, 0.15) is 52.9 Å². The molecule has 0 amide bonds. The maximum absolute atomic E-state index is 3.90. The lowest BCUT2D eigenvalue weighted by Crippen LogP contribution is -1.88. The first-order valence-electron chi connectivity index (χ1n) is 5.78. The summed E-state index contributed by atoms with van der Waals surface area (Å²) in [5, 5.41) is 0. The van der Waals surface area contributed by atoms with Crippen LogP contribution in [0.25, 0.3) is 0 Å². The Balaban J connectivity index is 0.000000791. The van der Waals surface area contributed by atoms with Gasteiger partial charge >= 0.3 is 0 Å². The Morgan fingerprint density at radius 3 is 2.64 bits per heavy atom. The minimum atomic E-state index is 1.18. The van der Waals surface area contributed by atoms with Crippen LogP contribution in [0.2, 0.25) is 0 Å². The molecule has 0 saturated carbocycles. The van der Waals surface area contributed by atoms with Gasteiger partial charge in [-0.2, -0.15) is 0 Å². The van der Waals surface area contributed by atoms with Crippen LogP contribution in [0.15, 0.2) is 36.0 Å². The molecule has 0 fully saturated rings. The summed E-state index contributed by atoms with van der Waals surface area (Å²) in [6, 6.07) is 0. The second-order valence-electron chi connectivity index (χ2n) is 3.60. The monoisotopic (exact) mass is 192 g/mol. The third-order valence-electron chi connectivity index (χ3n) is 2.20. The third-order valence-corrected chi connectivity index (χ3v) is 2.20. The van der Waals surface area contributed by atoms with Crippen molar-refractivity contribution in [1.29, 1.82) is 0 Å². The lowest BCUT2D eigenvalue weighted by Gasteiger charge is -2.08. The van der Waals surface area contributed by atoms with Crippen molar-refractivity contribution < 1.29 is 0 Å². The Morgan fingerprint density at radius 1 is 1.43 bits per heavy atom. The summed E-state index contributed by atoms with van der Waals surface area (Å²) < 4.78 is 0. The van der Waals surface area contributed by atoms with Crippen molar-refractivity contribution in [2.75, 3.05) is 0 Å². The first-order valence-corrected chi connectivity index (χ1v) is 5.78. The van der Waals surface area contributed by atoms with Crippen LogP contribution in [-0.4, -0.2) is 0 Å². The molecule has 0 heteroatoms. The van der Waals surface area contributed by atoms with Gasteiger partial charge in [-0.1, -0.05) is 43.2 Å².